The van der Waals surface area contributed by atoms with Crippen LogP contribution < -0.4 is 5.32 Å². The lowest BCUT2D eigenvalue weighted by Gasteiger charge is -2.39. The minimum atomic E-state index is -0.551. The van der Waals surface area contributed by atoms with E-state index in [9.17, 15) is 14.9 Å². The summed E-state index contributed by atoms with van der Waals surface area (Å²) in [5.41, 5.74) is -0.410. The van der Waals surface area contributed by atoms with Crippen LogP contribution in [0.4, 0.5) is 5.69 Å². The number of nitro groups is 1. The Kier molecular flexibility index (Phi) is 6.41. The first kappa shape index (κ1) is 20.2. The molecule has 0 radical (unpaired) electrons. The fourth-order valence-electron chi connectivity index (χ4n) is 4.35. The van der Waals surface area contributed by atoms with Crippen molar-refractivity contribution in [2.24, 2.45) is 0 Å². The van der Waals surface area contributed by atoms with Crippen molar-refractivity contribution in [2.45, 2.75) is 69.9 Å². The van der Waals surface area contributed by atoms with Crippen molar-refractivity contribution in [3.05, 3.63) is 22.0 Å². The number of hydrogen-bond donors (Lipinski definition) is 1. The SMILES string of the molecule is O=C(NC1CCN([C@@H]2CCCCO2)CC1)c1nn([C@H]2CCCCO2)cc1[N+](=O)[O-]. The number of nitrogens with zero attached hydrogens (tertiary/aromatic N) is 4. The summed E-state index contributed by atoms with van der Waals surface area (Å²) in [6.45, 7) is 3.12. The molecule has 160 valence electrons. The second kappa shape index (κ2) is 9.19. The number of likely N-dealkylation sites (tertiary alicyclic amines) is 1. The summed E-state index contributed by atoms with van der Waals surface area (Å²) in [5, 5.41) is 18.6. The van der Waals surface area contributed by atoms with Crippen molar-refractivity contribution >= 4 is 11.6 Å². The van der Waals surface area contributed by atoms with E-state index in [2.05, 4.69) is 15.3 Å². The van der Waals surface area contributed by atoms with Gasteiger partial charge in [0.2, 0.25) is 5.69 Å². The standard InChI is InChI=1S/C19H29N5O5/c25-19(20-14-7-9-22(10-8-14)16-5-1-3-11-28-16)18-15(24(26)27)13-23(21-18)17-6-2-4-12-29-17/h13-14,16-17H,1-12H2,(H,20,25)/t16-,17+/m0/s1. The van der Waals surface area contributed by atoms with E-state index in [1.807, 2.05) is 0 Å². The third-order valence-electron chi connectivity index (χ3n) is 6.00. The van der Waals surface area contributed by atoms with Crippen LogP contribution >= 0.6 is 0 Å². The number of ether oxygens (including phenoxy) is 2. The smallest absolute Gasteiger partial charge is 0.320 e. The van der Waals surface area contributed by atoms with Gasteiger partial charge in [-0.3, -0.25) is 19.8 Å². The molecule has 3 aliphatic rings. The first-order valence-corrected chi connectivity index (χ1v) is 10.6. The fourth-order valence-corrected chi connectivity index (χ4v) is 4.35. The summed E-state index contributed by atoms with van der Waals surface area (Å²) in [6.07, 6.45) is 8.81. The highest BCUT2D eigenvalue weighted by molar-refractivity contribution is 5.96. The maximum Gasteiger partial charge on any atom is 0.320 e. The highest BCUT2D eigenvalue weighted by atomic mass is 16.6. The summed E-state index contributed by atoms with van der Waals surface area (Å²) in [4.78, 5) is 26.0. The molecule has 0 aromatic carbocycles. The molecular weight excluding hydrogens is 378 g/mol. The summed E-state index contributed by atoms with van der Waals surface area (Å²) in [5.74, 6) is -0.487. The lowest BCUT2D eigenvalue weighted by atomic mass is 10.0. The van der Waals surface area contributed by atoms with Crippen LogP contribution in [0.25, 0.3) is 0 Å². The average molecular weight is 407 g/mol. The Morgan fingerprint density at radius 2 is 1.72 bits per heavy atom. The Bertz CT molecular complexity index is 719. The van der Waals surface area contributed by atoms with Crippen LogP contribution in [0.15, 0.2) is 6.20 Å². The molecule has 0 saturated carbocycles. The Morgan fingerprint density at radius 1 is 1.07 bits per heavy atom. The molecule has 1 amide bonds. The molecule has 1 aromatic rings. The van der Waals surface area contributed by atoms with E-state index in [1.54, 1.807) is 0 Å². The molecule has 1 N–H and O–H groups in total. The highest BCUT2D eigenvalue weighted by Gasteiger charge is 2.32. The van der Waals surface area contributed by atoms with Crippen LogP contribution in [-0.4, -0.2) is 64.1 Å². The minimum absolute atomic E-state index is 0.0157. The van der Waals surface area contributed by atoms with Crippen molar-refractivity contribution in [1.82, 2.24) is 20.0 Å². The average Bonchev–Trinajstić information content (AvgIpc) is 3.22. The zero-order chi connectivity index (χ0) is 20.2. The minimum Gasteiger partial charge on any atom is -0.363 e. The van der Waals surface area contributed by atoms with Gasteiger partial charge in [0.1, 0.15) is 18.7 Å². The number of hydrogen-bond acceptors (Lipinski definition) is 7. The van der Waals surface area contributed by atoms with E-state index in [-0.39, 0.29) is 29.9 Å². The molecule has 4 heterocycles. The first-order valence-electron chi connectivity index (χ1n) is 10.6. The van der Waals surface area contributed by atoms with Gasteiger partial charge in [0.05, 0.1) is 4.92 Å². The van der Waals surface area contributed by atoms with Gasteiger partial charge in [0.15, 0.2) is 0 Å². The third kappa shape index (κ3) is 4.76. The van der Waals surface area contributed by atoms with Gasteiger partial charge in [-0.1, -0.05) is 0 Å². The summed E-state index contributed by atoms with van der Waals surface area (Å²) < 4.78 is 12.9. The molecule has 0 bridgehead atoms. The monoisotopic (exact) mass is 407 g/mol. The van der Waals surface area contributed by atoms with Crippen molar-refractivity contribution in [3.63, 3.8) is 0 Å². The third-order valence-corrected chi connectivity index (χ3v) is 6.00. The molecule has 29 heavy (non-hydrogen) atoms. The Labute approximate surface area is 169 Å². The van der Waals surface area contributed by atoms with Gasteiger partial charge in [-0.05, 0) is 51.4 Å². The molecule has 2 atom stereocenters. The molecule has 1 aromatic heterocycles. The largest absolute Gasteiger partial charge is 0.363 e. The topological polar surface area (TPSA) is 112 Å². The van der Waals surface area contributed by atoms with Crippen LogP contribution in [0.1, 0.15) is 68.1 Å². The van der Waals surface area contributed by atoms with Crippen LogP contribution in [-0.2, 0) is 9.47 Å². The predicted octanol–water partition coefficient (Wildman–Crippen LogP) is 2.21. The summed E-state index contributed by atoms with van der Waals surface area (Å²) in [7, 11) is 0. The van der Waals surface area contributed by atoms with Crippen molar-refractivity contribution in [2.75, 3.05) is 26.3 Å². The number of amides is 1. The van der Waals surface area contributed by atoms with Gasteiger partial charge in [0, 0.05) is 32.3 Å². The molecule has 4 rings (SSSR count). The number of rotatable bonds is 5. The first-order chi connectivity index (χ1) is 14.1. The second-order valence-corrected chi connectivity index (χ2v) is 8.03. The molecule has 0 aliphatic carbocycles. The van der Waals surface area contributed by atoms with E-state index in [0.29, 0.717) is 6.61 Å². The number of nitrogens with one attached hydrogen (secondary N) is 1. The molecule has 3 fully saturated rings. The maximum absolute atomic E-state index is 12.7. The lowest BCUT2D eigenvalue weighted by molar-refractivity contribution is -0.385. The van der Waals surface area contributed by atoms with Crippen LogP contribution in [0.2, 0.25) is 0 Å². The Morgan fingerprint density at radius 3 is 2.31 bits per heavy atom. The van der Waals surface area contributed by atoms with E-state index in [0.717, 1.165) is 64.6 Å². The summed E-state index contributed by atoms with van der Waals surface area (Å²) >= 11 is 0. The van der Waals surface area contributed by atoms with E-state index < -0.39 is 10.8 Å². The highest BCUT2D eigenvalue weighted by Crippen LogP contribution is 2.26. The molecule has 10 nitrogen and oxygen atoms in total. The van der Waals surface area contributed by atoms with E-state index in [1.165, 1.54) is 17.3 Å². The fraction of sp³-hybridized carbons (Fsp3) is 0.789. The second-order valence-electron chi connectivity index (χ2n) is 8.03. The lowest BCUT2D eigenvalue weighted by Crippen LogP contribution is -2.49. The summed E-state index contributed by atoms with van der Waals surface area (Å²) in [6, 6.07) is -0.0157. The van der Waals surface area contributed by atoms with Gasteiger partial charge in [-0.25, -0.2) is 4.68 Å². The van der Waals surface area contributed by atoms with E-state index >= 15 is 0 Å². The van der Waals surface area contributed by atoms with Crippen LogP contribution in [0.5, 0.6) is 0 Å². The number of carbonyl (C=O) groups is 1. The van der Waals surface area contributed by atoms with Gasteiger partial charge >= 0.3 is 5.69 Å². The number of aromatic nitrogens is 2. The molecule has 0 spiro atoms. The van der Waals surface area contributed by atoms with Crippen molar-refractivity contribution in [1.29, 1.82) is 0 Å². The Balaban J connectivity index is 1.36. The zero-order valence-electron chi connectivity index (χ0n) is 16.6. The van der Waals surface area contributed by atoms with Crippen LogP contribution in [0, 0.1) is 10.1 Å². The van der Waals surface area contributed by atoms with E-state index in [4.69, 9.17) is 9.47 Å². The Hall–Kier alpha value is -2.04. The molecule has 3 saturated heterocycles. The van der Waals surface area contributed by atoms with Gasteiger partial charge in [-0.15, -0.1) is 0 Å². The maximum atomic E-state index is 12.7. The molecule has 3 aliphatic heterocycles. The van der Waals surface area contributed by atoms with Gasteiger partial charge in [-0.2, -0.15) is 5.10 Å². The van der Waals surface area contributed by atoms with Crippen molar-refractivity contribution in [3.8, 4) is 0 Å². The number of piperidine rings is 1. The predicted molar refractivity (Wildman–Crippen MR) is 103 cm³/mol. The molecule has 10 heteroatoms. The normalized spacial score (nSPS) is 26.9. The zero-order valence-corrected chi connectivity index (χ0v) is 16.6. The molecular formula is C19H29N5O5. The van der Waals surface area contributed by atoms with Gasteiger partial charge < -0.3 is 14.8 Å². The van der Waals surface area contributed by atoms with Crippen molar-refractivity contribution < 1.29 is 19.2 Å². The molecule has 0 unspecified atom stereocenters. The van der Waals surface area contributed by atoms with Gasteiger partial charge in [0.25, 0.3) is 5.91 Å². The number of carbonyl (C=O) groups excluding carboxylic acids is 1. The quantitative estimate of drug-likeness (QED) is 0.588. The van der Waals surface area contributed by atoms with Crippen LogP contribution in [0.3, 0.4) is 0 Å².